The molecule has 0 radical (unpaired) electrons. The largest absolute Gasteiger partial charge is 0.416 e. The molecule has 1 aromatic rings. The maximum Gasteiger partial charge on any atom is 0.416 e. The Morgan fingerprint density at radius 1 is 1.50 bits per heavy atom. The number of nitrogens with zero attached hydrogens (tertiary/aromatic N) is 1. The van der Waals surface area contributed by atoms with Gasteiger partial charge in [-0.05, 0) is 25.0 Å². The van der Waals surface area contributed by atoms with Crippen LogP contribution >= 0.6 is 0 Å². The Balaban J connectivity index is 3.04. The van der Waals surface area contributed by atoms with E-state index in [2.05, 4.69) is 4.98 Å². The van der Waals surface area contributed by atoms with Crippen molar-refractivity contribution in [3.8, 4) is 0 Å². The second-order valence-electron chi connectivity index (χ2n) is 3.21. The second-order valence-corrected chi connectivity index (χ2v) is 3.21. The van der Waals surface area contributed by atoms with Crippen LogP contribution in [0.1, 0.15) is 18.1 Å². The summed E-state index contributed by atoms with van der Waals surface area (Å²) in [6.07, 6.45) is -1.80. The molecule has 1 unspecified atom stereocenters. The van der Waals surface area contributed by atoms with Crippen molar-refractivity contribution in [1.82, 2.24) is 4.98 Å². The molecule has 0 saturated heterocycles. The van der Waals surface area contributed by atoms with E-state index in [0.717, 1.165) is 12.3 Å². The molecule has 5 heteroatoms. The quantitative estimate of drug-likeness (QED) is 0.800. The summed E-state index contributed by atoms with van der Waals surface area (Å²) in [5.74, 6) is 0. The van der Waals surface area contributed by atoms with Crippen LogP contribution in [0.4, 0.5) is 13.2 Å². The highest BCUT2D eigenvalue weighted by Gasteiger charge is 2.33. The molecule has 1 heterocycles. The summed E-state index contributed by atoms with van der Waals surface area (Å²) < 4.78 is 37.3. The van der Waals surface area contributed by atoms with Crippen molar-refractivity contribution in [2.45, 2.75) is 25.6 Å². The highest BCUT2D eigenvalue weighted by atomic mass is 19.4. The predicted octanol–water partition coefficient (Wildman–Crippen LogP) is 1.99. The molecular formula is C9H11F3N2. The summed E-state index contributed by atoms with van der Waals surface area (Å²) in [5.41, 5.74) is 4.94. The normalized spacial score (nSPS) is 14.1. The van der Waals surface area contributed by atoms with E-state index in [-0.39, 0.29) is 18.0 Å². The number of alkyl halides is 3. The van der Waals surface area contributed by atoms with Crippen LogP contribution in [0.25, 0.3) is 0 Å². The summed E-state index contributed by atoms with van der Waals surface area (Å²) in [6, 6.07) is 0.665. The molecule has 1 aromatic heterocycles. The molecule has 0 aliphatic carbocycles. The first-order valence-corrected chi connectivity index (χ1v) is 4.17. The molecule has 78 valence electrons. The Bertz CT molecular complexity index is 307. The van der Waals surface area contributed by atoms with Crippen molar-refractivity contribution in [3.63, 3.8) is 0 Å². The van der Waals surface area contributed by atoms with E-state index in [9.17, 15) is 13.2 Å². The molecule has 0 bridgehead atoms. The average molecular weight is 204 g/mol. The van der Waals surface area contributed by atoms with Gasteiger partial charge in [0.1, 0.15) is 0 Å². The highest BCUT2D eigenvalue weighted by Crippen LogP contribution is 2.31. The minimum Gasteiger partial charge on any atom is -0.328 e. The molecule has 0 aliphatic rings. The number of hydrogen-bond acceptors (Lipinski definition) is 2. The van der Waals surface area contributed by atoms with Gasteiger partial charge in [-0.25, -0.2) is 0 Å². The van der Waals surface area contributed by atoms with E-state index in [1.807, 2.05) is 0 Å². The van der Waals surface area contributed by atoms with Crippen LogP contribution in [-0.4, -0.2) is 11.0 Å². The van der Waals surface area contributed by atoms with Crippen LogP contribution < -0.4 is 5.73 Å². The summed E-state index contributed by atoms with van der Waals surface area (Å²) >= 11 is 0. The maximum absolute atomic E-state index is 12.4. The third-order valence-electron chi connectivity index (χ3n) is 1.75. The lowest BCUT2D eigenvalue weighted by Crippen LogP contribution is -2.20. The minimum atomic E-state index is -4.33. The van der Waals surface area contributed by atoms with E-state index in [0.29, 0.717) is 0 Å². The Labute approximate surface area is 79.9 Å². The number of hydrogen-bond donors (Lipinski definition) is 1. The molecule has 0 aliphatic heterocycles. The zero-order chi connectivity index (χ0) is 10.8. The van der Waals surface area contributed by atoms with Gasteiger partial charge < -0.3 is 5.73 Å². The van der Waals surface area contributed by atoms with E-state index in [1.165, 1.54) is 6.20 Å². The van der Waals surface area contributed by atoms with Gasteiger partial charge >= 0.3 is 6.18 Å². The SMILES string of the molecule is CC(N)Cc1cnccc1C(F)(F)F. The first kappa shape index (κ1) is 11.0. The van der Waals surface area contributed by atoms with Crippen LogP contribution in [0.2, 0.25) is 0 Å². The molecule has 0 spiro atoms. The number of aromatic nitrogens is 1. The lowest BCUT2D eigenvalue weighted by molar-refractivity contribution is -0.138. The Kier molecular flexibility index (Phi) is 3.10. The van der Waals surface area contributed by atoms with Gasteiger partial charge in [-0.1, -0.05) is 0 Å². The number of rotatable bonds is 2. The van der Waals surface area contributed by atoms with Crippen molar-refractivity contribution < 1.29 is 13.2 Å². The van der Waals surface area contributed by atoms with Gasteiger partial charge in [-0.2, -0.15) is 13.2 Å². The standard InChI is InChI=1S/C9H11F3N2/c1-6(13)4-7-5-14-3-2-8(7)9(10,11)12/h2-3,5-6H,4,13H2,1H3. The van der Waals surface area contributed by atoms with E-state index in [4.69, 9.17) is 5.73 Å². The zero-order valence-corrected chi connectivity index (χ0v) is 7.67. The van der Waals surface area contributed by atoms with Gasteiger partial charge in [0, 0.05) is 18.4 Å². The summed E-state index contributed by atoms with van der Waals surface area (Å²) in [5, 5.41) is 0. The van der Waals surface area contributed by atoms with Crippen molar-refractivity contribution >= 4 is 0 Å². The minimum absolute atomic E-state index is 0.148. The van der Waals surface area contributed by atoms with Crippen molar-refractivity contribution in [1.29, 1.82) is 0 Å². The fourth-order valence-corrected chi connectivity index (χ4v) is 1.21. The fourth-order valence-electron chi connectivity index (χ4n) is 1.21. The molecule has 0 saturated carbocycles. The Hall–Kier alpha value is -1.10. The molecule has 0 aromatic carbocycles. The van der Waals surface area contributed by atoms with E-state index in [1.54, 1.807) is 6.92 Å². The van der Waals surface area contributed by atoms with Crippen LogP contribution in [0.15, 0.2) is 18.5 Å². The lowest BCUT2D eigenvalue weighted by atomic mass is 10.0. The van der Waals surface area contributed by atoms with Gasteiger partial charge in [-0.15, -0.1) is 0 Å². The summed E-state index contributed by atoms with van der Waals surface area (Å²) in [7, 11) is 0. The van der Waals surface area contributed by atoms with Crippen molar-refractivity contribution in [2.24, 2.45) is 5.73 Å². The third-order valence-corrected chi connectivity index (χ3v) is 1.75. The molecule has 0 fully saturated rings. The Morgan fingerprint density at radius 2 is 2.14 bits per heavy atom. The van der Waals surface area contributed by atoms with E-state index >= 15 is 0 Å². The third kappa shape index (κ3) is 2.70. The van der Waals surface area contributed by atoms with Crippen molar-refractivity contribution in [2.75, 3.05) is 0 Å². The molecule has 14 heavy (non-hydrogen) atoms. The Morgan fingerprint density at radius 3 is 2.64 bits per heavy atom. The van der Waals surface area contributed by atoms with Crippen LogP contribution in [0.3, 0.4) is 0 Å². The first-order valence-electron chi connectivity index (χ1n) is 4.17. The van der Waals surface area contributed by atoms with Crippen LogP contribution in [0.5, 0.6) is 0 Å². The van der Waals surface area contributed by atoms with Crippen LogP contribution in [0, 0.1) is 0 Å². The van der Waals surface area contributed by atoms with Gasteiger partial charge in [0.2, 0.25) is 0 Å². The molecule has 0 amide bonds. The average Bonchev–Trinajstić information content (AvgIpc) is 2.01. The zero-order valence-electron chi connectivity index (χ0n) is 7.67. The fraction of sp³-hybridized carbons (Fsp3) is 0.444. The van der Waals surface area contributed by atoms with Gasteiger partial charge in [0.25, 0.3) is 0 Å². The smallest absolute Gasteiger partial charge is 0.328 e. The molecule has 2 N–H and O–H groups in total. The molecule has 1 atom stereocenters. The molecular weight excluding hydrogens is 193 g/mol. The second kappa shape index (κ2) is 3.96. The maximum atomic E-state index is 12.4. The van der Waals surface area contributed by atoms with Gasteiger partial charge in [0.05, 0.1) is 5.56 Å². The van der Waals surface area contributed by atoms with Crippen molar-refractivity contribution in [3.05, 3.63) is 29.6 Å². The van der Waals surface area contributed by atoms with Gasteiger partial charge in [0.15, 0.2) is 0 Å². The highest BCUT2D eigenvalue weighted by molar-refractivity contribution is 5.26. The summed E-state index contributed by atoms with van der Waals surface area (Å²) in [6.45, 7) is 1.66. The first-order chi connectivity index (χ1) is 6.41. The number of pyridine rings is 1. The van der Waals surface area contributed by atoms with Crippen LogP contribution in [-0.2, 0) is 12.6 Å². The van der Waals surface area contributed by atoms with E-state index < -0.39 is 11.7 Å². The topological polar surface area (TPSA) is 38.9 Å². The number of nitrogens with two attached hydrogens (primary N) is 1. The van der Waals surface area contributed by atoms with Gasteiger partial charge in [-0.3, -0.25) is 4.98 Å². The molecule has 1 rings (SSSR count). The predicted molar refractivity (Wildman–Crippen MR) is 46.6 cm³/mol. The monoisotopic (exact) mass is 204 g/mol. The molecule has 2 nitrogen and oxygen atoms in total. The summed E-state index contributed by atoms with van der Waals surface area (Å²) in [4.78, 5) is 3.66. The number of halogens is 3. The lowest BCUT2D eigenvalue weighted by Gasteiger charge is -2.13.